The van der Waals surface area contributed by atoms with Crippen LogP contribution in [-0.2, 0) is 17.8 Å². The quantitative estimate of drug-likeness (QED) is 0.457. The summed E-state index contributed by atoms with van der Waals surface area (Å²) in [7, 11) is 0. The van der Waals surface area contributed by atoms with Crippen molar-refractivity contribution in [2.24, 2.45) is 5.92 Å². The molecule has 4 nitrogen and oxygen atoms in total. The van der Waals surface area contributed by atoms with Crippen molar-refractivity contribution < 1.29 is 13.6 Å². The fourth-order valence-corrected chi connectivity index (χ4v) is 4.61. The van der Waals surface area contributed by atoms with Gasteiger partial charge in [-0.2, -0.15) is 0 Å². The number of carbonyl (C=O) groups excluding carboxylic acids is 1. The van der Waals surface area contributed by atoms with Crippen molar-refractivity contribution >= 4 is 40.5 Å². The number of amides is 1. The van der Waals surface area contributed by atoms with Crippen molar-refractivity contribution in [1.29, 1.82) is 0 Å². The maximum absolute atomic E-state index is 14.1. The van der Waals surface area contributed by atoms with Gasteiger partial charge in [-0.3, -0.25) is 9.78 Å². The van der Waals surface area contributed by atoms with Gasteiger partial charge in [-0.15, -0.1) is 0 Å². The average molecular weight is 476 g/mol. The minimum Gasteiger partial charge on any atom is -0.379 e. The molecular formula is C24H21Cl2F2N3O. The van der Waals surface area contributed by atoms with E-state index >= 15 is 0 Å². The highest BCUT2D eigenvalue weighted by Gasteiger charge is 2.30. The van der Waals surface area contributed by atoms with Crippen molar-refractivity contribution in [3.05, 3.63) is 87.7 Å². The van der Waals surface area contributed by atoms with E-state index in [1.807, 2.05) is 18.2 Å². The number of nitrogens with one attached hydrogen (secondary N) is 1. The number of pyridine rings is 1. The molecule has 166 valence electrons. The average Bonchev–Trinajstić information content (AvgIpc) is 2.76. The van der Waals surface area contributed by atoms with E-state index in [-0.39, 0.29) is 11.8 Å². The summed E-state index contributed by atoms with van der Waals surface area (Å²) in [5, 5.41) is 3.93. The Labute approximate surface area is 195 Å². The molecule has 2 heterocycles. The summed E-state index contributed by atoms with van der Waals surface area (Å²) in [6, 6.07) is 12.7. The molecule has 1 fully saturated rings. The molecule has 1 saturated heterocycles. The predicted molar refractivity (Wildman–Crippen MR) is 123 cm³/mol. The van der Waals surface area contributed by atoms with E-state index in [0.29, 0.717) is 59.3 Å². The topological polar surface area (TPSA) is 45.2 Å². The Morgan fingerprint density at radius 3 is 2.56 bits per heavy atom. The highest BCUT2D eigenvalue weighted by Crippen LogP contribution is 2.39. The number of halogens is 4. The number of hydrogen-bond donors (Lipinski definition) is 1. The molecule has 1 aromatic heterocycles. The summed E-state index contributed by atoms with van der Waals surface area (Å²) in [5.41, 5.74) is 2.46. The lowest BCUT2D eigenvalue weighted by molar-refractivity contribution is -0.120. The summed E-state index contributed by atoms with van der Waals surface area (Å²) in [6.07, 6.45) is 3.04. The van der Waals surface area contributed by atoms with Crippen LogP contribution in [-0.4, -0.2) is 17.4 Å². The third kappa shape index (κ3) is 5.19. The minimum absolute atomic E-state index is 0.00162. The van der Waals surface area contributed by atoms with Gasteiger partial charge in [0.15, 0.2) is 0 Å². The number of carbonyl (C=O) groups is 1. The van der Waals surface area contributed by atoms with E-state index in [0.717, 1.165) is 11.8 Å². The first kappa shape index (κ1) is 22.5. The van der Waals surface area contributed by atoms with Gasteiger partial charge in [-0.05, 0) is 54.7 Å². The molecule has 1 atom stereocenters. The molecule has 0 aliphatic carbocycles. The zero-order valence-corrected chi connectivity index (χ0v) is 18.6. The van der Waals surface area contributed by atoms with E-state index in [2.05, 4.69) is 10.3 Å². The maximum Gasteiger partial charge on any atom is 0.227 e. The lowest BCUT2D eigenvalue weighted by Gasteiger charge is -2.34. The minimum atomic E-state index is -0.609. The number of hydrogen-bond acceptors (Lipinski definition) is 3. The molecule has 0 bridgehead atoms. The first-order chi connectivity index (χ1) is 15.4. The number of rotatable bonds is 6. The largest absolute Gasteiger partial charge is 0.379 e. The van der Waals surface area contributed by atoms with Crippen LogP contribution in [0, 0.1) is 17.6 Å². The fraction of sp³-hybridized carbons (Fsp3) is 0.250. The summed E-state index contributed by atoms with van der Waals surface area (Å²) < 4.78 is 27.3. The van der Waals surface area contributed by atoms with Crippen molar-refractivity contribution in [3.63, 3.8) is 0 Å². The molecule has 0 radical (unpaired) electrons. The third-order valence-electron chi connectivity index (χ3n) is 5.52. The predicted octanol–water partition coefficient (Wildman–Crippen LogP) is 6.26. The molecule has 1 unspecified atom stereocenters. The second kappa shape index (κ2) is 9.84. The number of aromatic nitrogens is 1. The van der Waals surface area contributed by atoms with Gasteiger partial charge >= 0.3 is 0 Å². The number of anilines is 2. The number of piperidine rings is 1. The van der Waals surface area contributed by atoms with Crippen LogP contribution in [0.4, 0.5) is 20.2 Å². The van der Waals surface area contributed by atoms with Crippen LogP contribution in [0.3, 0.4) is 0 Å². The summed E-state index contributed by atoms with van der Waals surface area (Å²) in [5.74, 6) is -1.27. The Balaban J connectivity index is 1.50. The van der Waals surface area contributed by atoms with E-state index < -0.39 is 11.6 Å². The number of nitrogens with zero attached hydrogens (tertiary/aromatic N) is 2. The van der Waals surface area contributed by atoms with Crippen LogP contribution >= 0.6 is 23.2 Å². The van der Waals surface area contributed by atoms with Crippen LogP contribution in [0.25, 0.3) is 0 Å². The highest BCUT2D eigenvalue weighted by molar-refractivity contribution is 6.40. The van der Waals surface area contributed by atoms with Gasteiger partial charge in [0.05, 0.1) is 28.0 Å². The molecule has 8 heteroatoms. The van der Waals surface area contributed by atoms with Gasteiger partial charge in [-0.25, -0.2) is 8.78 Å². The van der Waals surface area contributed by atoms with E-state index in [9.17, 15) is 13.6 Å². The molecule has 1 N–H and O–H groups in total. The van der Waals surface area contributed by atoms with E-state index in [4.69, 9.17) is 23.2 Å². The lowest BCUT2D eigenvalue weighted by Crippen LogP contribution is -2.41. The smallest absolute Gasteiger partial charge is 0.227 e. The Morgan fingerprint density at radius 2 is 1.88 bits per heavy atom. The van der Waals surface area contributed by atoms with Crippen molar-refractivity contribution in [2.45, 2.75) is 25.8 Å². The van der Waals surface area contributed by atoms with Crippen molar-refractivity contribution in [2.75, 3.05) is 16.8 Å². The summed E-state index contributed by atoms with van der Waals surface area (Å²) >= 11 is 13.1. The van der Waals surface area contributed by atoms with Gasteiger partial charge < -0.3 is 10.2 Å². The zero-order chi connectivity index (χ0) is 22.7. The summed E-state index contributed by atoms with van der Waals surface area (Å²) in [6.45, 7) is 0.858. The molecule has 32 heavy (non-hydrogen) atoms. The van der Waals surface area contributed by atoms with Crippen molar-refractivity contribution in [3.8, 4) is 0 Å². The van der Waals surface area contributed by atoms with E-state index in [1.165, 1.54) is 12.1 Å². The molecule has 1 aliphatic heterocycles. The Hall–Kier alpha value is -2.70. The molecule has 1 aliphatic rings. The Kier molecular flexibility index (Phi) is 6.92. The standard InChI is InChI=1S/C24H21Cl2F2N3O/c25-20-11-19(30-13-18-3-1-2-8-29-18)12-21(26)24(20)31-14-15(4-7-23(31)32)9-16-5-6-17(27)10-22(16)28/h1-3,5-6,8,10-12,15,30H,4,7,9,13-14H2. The first-order valence-electron chi connectivity index (χ1n) is 10.3. The molecule has 2 aromatic carbocycles. The SMILES string of the molecule is O=C1CCC(Cc2ccc(F)cc2F)CN1c1c(Cl)cc(NCc2ccccn2)cc1Cl. The van der Waals surface area contributed by atoms with Gasteiger partial charge in [0.2, 0.25) is 5.91 Å². The molecule has 4 rings (SSSR count). The van der Waals surface area contributed by atoms with Crippen LogP contribution in [0.5, 0.6) is 0 Å². The third-order valence-corrected chi connectivity index (χ3v) is 6.09. The monoisotopic (exact) mass is 475 g/mol. The second-order valence-electron chi connectivity index (χ2n) is 7.81. The van der Waals surface area contributed by atoms with Gasteiger partial charge in [0.25, 0.3) is 0 Å². The molecule has 0 spiro atoms. The van der Waals surface area contributed by atoms with Crippen LogP contribution < -0.4 is 10.2 Å². The number of benzene rings is 2. The van der Waals surface area contributed by atoms with Crippen LogP contribution in [0.15, 0.2) is 54.7 Å². The van der Waals surface area contributed by atoms with Gasteiger partial charge in [0, 0.05) is 30.9 Å². The molecule has 1 amide bonds. The van der Waals surface area contributed by atoms with Crippen LogP contribution in [0.2, 0.25) is 10.0 Å². The Bertz CT molecular complexity index is 1100. The normalized spacial score (nSPS) is 16.3. The summed E-state index contributed by atoms with van der Waals surface area (Å²) in [4.78, 5) is 18.5. The van der Waals surface area contributed by atoms with Crippen LogP contribution in [0.1, 0.15) is 24.1 Å². The van der Waals surface area contributed by atoms with Gasteiger partial charge in [0.1, 0.15) is 11.6 Å². The molecular weight excluding hydrogens is 455 g/mol. The van der Waals surface area contributed by atoms with Gasteiger partial charge in [-0.1, -0.05) is 35.3 Å². The maximum atomic E-state index is 14.1. The fourth-order valence-electron chi connectivity index (χ4n) is 3.92. The second-order valence-corrected chi connectivity index (χ2v) is 8.63. The lowest BCUT2D eigenvalue weighted by atomic mass is 9.90. The zero-order valence-electron chi connectivity index (χ0n) is 17.1. The first-order valence-corrected chi connectivity index (χ1v) is 11.0. The van der Waals surface area contributed by atoms with E-state index in [1.54, 1.807) is 23.2 Å². The molecule has 3 aromatic rings. The molecule has 0 saturated carbocycles. The highest BCUT2D eigenvalue weighted by atomic mass is 35.5. The van der Waals surface area contributed by atoms with Crippen molar-refractivity contribution in [1.82, 2.24) is 4.98 Å². The Morgan fingerprint density at radius 1 is 1.09 bits per heavy atom.